The van der Waals surface area contributed by atoms with Crippen molar-refractivity contribution in [2.24, 2.45) is 0 Å². The predicted octanol–water partition coefficient (Wildman–Crippen LogP) is 2.29. The van der Waals surface area contributed by atoms with Crippen LogP contribution in [-0.2, 0) is 9.59 Å². The Morgan fingerprint density at radius 2 is 1.94 bits per heavy atom. The molecule has 0 fully saturated rings. The molecule has 5 heteroatoms. The van der Waals surface area contributed by atoms with Gasteiger partial charge < -0.3 is 10.0 Å². The summed E-state index contributed by atoms with van der Waals surface area (Å²) in [4.78, 5) is 23.3. The molecule has 0 radical (unpaired) electrons. The summed E-state index contributed by atoms with van der Waals surface area (Å²) in [7, 11) is 1.57. The van der Waals surface area contributed by atoms with Crippen molar-refractivity contribution in [3.63, 3.8) is 0 Å². The van der Waals surface area contributed by atoms with E-state index in [2.05, 4.69) is 0 Å². The van der Waals surface area contributed by atoms with E-state index < -0.39 is 5.97 Å². The normalized spacial score (nSPS) is 10.6. The molecule has 0 saturated heterocycles. The number of carbonyl (C=O) groups is 2. The van der Waals surface area contributed by atoms with Crippen molar-refractivity contribution in [2.45, 2.75) is 6.42 Å². The van der Waals surface area contributed by atoms with Crippen molar-refractivity contribution in [3.05, 3.63) is 40.9 Å². The van der Waals surface area contributed by atoms with Crippen LogP contribution >= 0.6 is 11.6 Å². The van der Waals surface area contributed by atoms with Crippen LogP contribution in [-0.4, -0.2) is 35.5 Å². The van der Waals surface area contributed by atoms with Crippen LogP contribution in [0.3, 0.4) is 0 Å². The first-order valence-electron chi connectivity index (χ1n) is 5.39. The van der Waals surface area contributed by atoms with Crippen LogP contribution in [0.2, 0.25) is 5.02 Å². The Morgan fingerprint density at radius 1 is 1.33 bits per heavy atom. The summed E-state index contributed by atoms with van der Waals surface area (Å²) in [5, 5.41) is 9.15. The smallest absolute Gasteiger partial charge is 0.305 e. The largest absolute Gasteiger partial charge is 0.481 e. The number of hydrogen-bond acceptors (Lipinski definition) is 2. The van der Waals surface area contributed by atoms with E-state index in [1.165, 1.54) is 11.0 Å². The Kier molecular flexibility index (Phi) is 5.39. The number of aliphatic carboxylic acids is 1. The summed E-state index contributed by atoms with van der Waals surface area (Å²) in [6.07, 6.45) is 3.01. The van der Waals surface area contributed by atoms with Gasteiger partial charge in [0.15, 0.2) is 0 Å². The molecule has 0 atom stereocenters. The summed E-state index contributed by atoms with van der Waals surface area (Å²) in [5.74, 6) is -1.15. The SMILES string of the molecule is CN(CCC(=O)O)C(=O)/C=C/c1ccc(Cl)cc1. The number of amides is 1. The average molecular weight is 268 g/mol. The van der Waals surface area contributed by atoms with Crippen LogP contribution in [0, 0.1) is 0 Å². The van der Waals surface area contributed by atoms with E-state index in [9.17, 15) is 9.59 Å². The Bertz CT molecular complexity index is 454. The van der Waals surface area contributed by atoms with E-state index in [-0.39, 0.29) is 18.9 Å². The summed E-state index contributed by atoms with van der Waals surface area (Å²) in [6.45, 7) is 0.194. The molecule has 18 heavy (non-hydrogen) atoms. The van der Waals surface area contributed by atoms with Crippen LogP contribution in [0.5, 0.6) is 0 Å². The molecular weight excluding hydrogens is 254 g/mol. The molecule has 0 aliphatic carbocycles. The van der Waals surface area contributed by atoms with Crippen LogP contribution in [0.25, 0.3) is 6.08 Å². The maximum absolute atomic E-state index is 11.6. The minimum absolute atomic E-state index is 0.0585. The van der Waals surface area contributed by atoms with Gasteiger partial charge in [0.25, 0.3) is 0 Å². The lowest BCUT2D eigenvalue weighted by Gasteiger charge is -2.13. The first kappa shape index (κ1) is 14.3. The van der Waals surface area contributed by atoms with Crippen molar-refractivity contribution in [2.75, 3.05) is 13.6 Å². The standard InChI is InChI=1S/C13H14ClNO3/c1-15(9-8-13(17)18)12(16)7-4-10-2-5-11(14)6-3-10/h2-7H,8-9H2,1H3,(H,17,18)/b7-4+. The number of rotatable bonds is 5. The van der Waals surface area contributed by atoms with Gasteiger partial charge in [-0.25, -0.2) is 0 Å². The second-order valence-electron chi connectivity index (χ2n) is 3.79. The highest BCUT2D eigenvalue weighted by molar-refractivity contribution is 6.30. The second-order valence-corrected chi connectivity index (χ2v) is 4.22. The minimum atomic E-state index is -0.920. The number of nitrogens with zero attached hydrogens (tertiary/aromatic N) is 1. The summed E-state index contributed by atoms with van der Waals surface area (Å²) >= 11 is 5.74. The minimum Gasteiger partial charge on any atom is -0.481 e. The van der Waals surface area contributed by atoms with E-state index in [4.69, 9.17) is 16.7 Å². The summed E-state index contributed by atoms with van der Waals surface area (Å²) in [6, 6.07) is 7.06. The van der Waals surface area contributed by atoms with E-state index in [0.717, 1.165) is 5.56 Å². The number of halogens is 1. The molecule has 0 bridgehead atoms. The van der Waals surface area contributed by atoms with E-state index in [1.807, 2.05) is 0 Å². The molecule has 1 rings (SSSR count). The second kappa shape index (κ2) is 6.81. The third-order valence-corrected chi connectivity index (χ3v) is 2.58. The third-order valence-electron chi connectivity index (χ3n) is 2.33. The van der Waals surface area contributed by atoms with Crippen molar-refractivity contribution >= 4 is 29.6 Å². The highest BCUT2D eigenvalue weighted by Gasteiger charge is 2.06. The molecule has 0 aliphatic heterocycles. The molecule has 0 aliphatic rings. The number of carboxylic acids is 1. The van der Waals surface area contributed by atoms with E-state index in [1.54, 1.807) is 37.4 Å². The van der Waals surface area contributed by atoms with Gasteiger partial charge in [0, 0.05) is 24.7 Å². The lowest BCUT2D eigenvalue weighted by molar-refractivity contribution is -0.137. The maximum atomic E-state index is 11.6. The topological polar surface area (TPSA) is 57.6 Å². The van der Waals surface area contributed by atoms with Crippen molar-refractivity contribution in [3.8, 4) is 0 Å². The molecule has 1 aromatic rings. The molecule has 0 aromatic heterocycles. The predicted molar refractivity (Wildman–Crippen MR) is 70.4 cm³/mol. The average Bonchev–Trinajstić information content (AvgIpc) is 2.34. The molecule has 1 N–H and O–H groups in total. The molecule has 96 valence electrons. The fraction of sp³-hybridized carbons (Fsp3) is 0.231. The fourth-order valence-corrected chi connectivity index (χ4v) is 1.37. The van der Waals surface area contributed by atoms with Crippen LogP contribution in [0.4, 0.5) is 0 Å². The van der Waals surface area contributed by atoms with Gasteiger partial charge in [-0.2, -0.15) is 0 Å². The first-order valence-corrected chi connectivity index (χ1v) is 5.77. The van der Waals surface area contributed by atoms with Gasteiger partial charge in [-0.1, -0.05) is 23.7 Å². The van der Waals surface area contributed by atoms with Crippen molar-refractivity contribution < 1.29 is 14.7 Å². The molecule has 0 spiro atoms. The molecule has 0 unspecified atom stereocenters. The van der Waals surface area contributed by atoms with E-state index >= 15 is 0 Å². The van der Waals surface area contributed by atoms with Crippen LogP contribution in [0.15, 0.2) is 30.3 Å². The quantitative estimate of drug-likeness (QED) is 0.833. The molecule has 1 aromatic carbocycles. The Balaban J connectivity index is 2.53. The monoisotopic (exact) mass is 267 g/mol. The third kappa shape index (κ3) is 5.01. The number of hydrogen-bond donors (Lipinski definition) is 1. The Morgan fingerprint density at radius 3 is 2.50 bits per heavy atom. The molecule has 4 nitrogen and oxygen atoms in total. The lowest BCUT2D eigenvalue weighted by atomic mass is 10.2. The van der Waals surface area contributed by atoms with Crippen LogP contribution < -0.4 is 0 Å². The molecule has 1 amide bonds. The Hall–Kier alpha value is -1.81. The number of likely N-dealkylation sites (N-methyl/N-ethyl adjacent to an activating group) is 1. The zero-order chi connectivity index (χ0) is 13.5. The first-order chi connectivity index (χ1) is 8.49. The van der Waals surface area contributed by atoms with Gasteiger partial charge in [-0.05, 0) is 23.8 Å². The highest BCUT2D eigenvalue weighted by Crippen LogP contribution is 2.10. The Labute approximate surface area is 110 Å². The van der Waals surface area contributed by atoms with Crippen molar-refractivity contribution in [1.29, 1.82) is 0 Å². The van der Waals surface area contributed by atoms with E-state index in [0.29, 0.717) is 5.02 Å². The van der Waals surface area contributed by atoms with Gasteiger partial charge in [0.05, 0.1) is 6.42 Å². The number of carbonyl (C=O) groups excluding carboxylic acids is 1. The lowest BCUT2D eigenvalue weighted by Crippen LogP contribution is -2.27. The molecule has 0 saturated carbocycles. The summed E-state index contributed by atoms with van der Waals surface area (Å²) in [5.41, 5.74) is 0.861. The zero-order valence-corrected chi connectivity index (χ0v) is 10.7. The fourth-order valence-electron chi connectivity index (χ4n) is 1.24. The molecular formula is C13H14ClNO3. The van der Waals surface area contributed by atoms with Crippen molar-refractivity contribution in [1.82, 2.24) is 4.90 Å². The maximum Gasteiger partial charge on any atom is 0.305 e. The van der Waals surface area contributed by atoms with Gasteiger partial charge in [-0.3, -0.25) is 9.59 Å². The van der Waals surface area contributed by atoms with Gasteiger partial charge in [0.1, 0.15) is 0 Å². The number of carboxylic acid groups (broad SMARTS) is 1. The van der Waals surface area contributed by atoms with Crippen LogP contribution in [0.1, 0.15) is 12.0 Å². The number of benzene rings is 1. The zero-order valence-electron chi connectivity index (χ0n) is 9.97. The molecule has 0 heterocycles. The highest BCUT2D eigenvalue weighted by atomic mass is 35.5. The van der Waals surface area contributed by atoms with Gasteiger partial charge in [-0.15, -0.1) is 0 Å². The summed E-state index contributed by atoms with van der Waals surface area (Å²) < 4.78 is 0. The van der Waals surface area contributed by atoms with Gasteiger partial charge in [0.2, 0.25) is 5.91 Å². The van der Waals surface area contributed by atoms with Gasteiger partial charge >= 0.3 is 5.97 Å².